The van der Waals surface area contributed by atoms with Gasteiger partial charge in [0.25, 0.3) is 0 Å². The van der Waals surface area contributed by atoms with E-state index in [1.165, 1.54) is 0 Å². The fraction of sp³-hybridized carbons (Fsp3) is 0.400. The minimum Gasteiger partial charge on any atom is -0.491 e. The van der Waals surface area contributed by atoms with Crippen molar-refractivity contribution < 1.29 is 9.13 Å². The molecule has 0 saturated heterocycles. The van der Waals surface area contributed by atoms with E-state index in [-0.39, 0.29) is 6.10 Å². The summed E-state index contributed by atoms with van der Waals surface area (Å²) in [6, 6.07) is 6.99. The lowest BCUT2D eigenvalue weighted by Gasteiger charge is -2.18. The Kier molecular flexibility index (Phi) is 3.95. The molecule has 0 aliphatic heterocycles. The van der Waals surface area contributed by atoms with Crippen LogP contribution in [0.5, 0.6) is 5.75 Å². The number of ether oxygens (including phenoxy) is 1. The molecule has 1 nitrogen and oxygen atoms in total. The van der Waals surface area contributed by atoms with Crippen LogP contribution in [0.3, 0.4) is 0 Å². The molecule has 0 aromatic heterocycles. The standard InChI is InChI=1S/C10H11Br2FO/c1-7(2)14-9-6-4-3-5-8(9)10(11,12)13/h3-7H,1-2H3. The van der Waals surface area contributed by atoms with Gasteiger partial charge in [0.1, 0.15) is 5.75 Å². The van der Waals surface area contributed by atoms with Crippen LogP contribution in [-0.2, 0) is 3.49 Å². The number of hydrogen-bond donors (Lipinski definition) is 0. The average Bonchev–Trinajstić information content (AvgIpc) is 2.01. The van der Waals surface area contributed by atoms with Crippen molar-refractivity contribution in [3.05, 3.63) is 29.8 Å². The van der Waals surface area contributed by atoms with Gasteiger partial charge in [0, 0.05) is 0 Å². The lowest BCUT2D eigenvalue weighted by atomic mass is 10.2. The zero-order valence-corrected chi connectivity index (χ0v) is 11.1. The second-order valence-corrected chi connectivity index (χ2v) is 6.41. The third kappa shape index (κ3) is 3.24. The third-order valence-corrected chi connectivity index (χ3v) is 2.41. The Morgan fingerprint density at radius 2 is 1.86 bits per heavy atom. The van der Waals surface area contributed by atoms with Gasteiger partial charge in [-0.2, -0.15) is 0 Å². The number of hydrogen-bond acceptors (Lipinski definition) is 1. The number of rotatable bonds is 3. The largest absolute Gasteiger partial charge is 0.491 e. The smallest absolute Gasteiger partial charge is 0.247 e. The van der Waals surface area contributed by atoms with E-state index < -0.39 is 3.49 Å². The molecular weight excluding hydrogens is 315 g/mol. The predicted octanol–water partition coefficient (Wildman–Crippen LogP) is 4.34. The third-order valence-electron chi connectivity index (χ3n) is 1.56. The van der Waals surface area contributed by atoms with Crippen LogP contribution in [0, 0.1) is 0 Å². The van der Waals surface area contributed by atoms with Crippen LogP contribution in [0.25, 0.3) is 0 Å². The maximum absolute atomic E-state index is 13.6. The number of benzene rings is 1. The molecular formula is C10H11Br2FO. The fourth-order valence-electron chi connectivity index (χ4n) is 1.06. The van der Waals surface area contributed by atoms with Crippen molar-refractivity contribution in [1.82, 2.24) is 0 Å². The van der Waals surface area contributed by atoms with E-state index >= 15 is 0 Å². The van der Waals surface area contributed by atoms with Crippen LogP contribution in [0.4, 0.5) is 4.39 Å². The molecule has 0 aliphatic carbocycles. The molecule has 0 saturated carbocycles. The van der Waals surface area contributed by atoms with E-state index in [2.05, 4.69) is 31.9 Å². The summed E-state index contributed by atoms with van der Waals surface area (Å²) in [6.45, 7) is 3.80. The van der Waals surface area contributed by atoms with Crippen molar-refractivity contribution >= 4 is 31.9 Å². The molecule has 78 valence electrons. The maximum atomic E-state index is 13.6. The Hall–Kier alpha value is -0.0900. The highest BCUT2D eigenvalue weighted by molar-refractivity contribution is 9.24. The Morgan fingerprint density at radius 3 is 2.36 bits per heavy atom. The Bertz CT molecular complexity index is 307. The minimum atomic E-state index is -1.73. The maximum Gasteiger partial charge on any atom is 0.247 e. The lowest BCUT2D eigenvalue weighted by Crippen LogP contribution is -2.10. The molecule has 0 spiro atoms. The van der Waals surface area contributed by atoms with E-state index in [0.717, 1.165) is 0 Å². The van der Waals surface area contributed by atoms with Crippen LogP contribution in [-0.4, -0.2) is 6.10 Å². The Morgan fingerprint density at radius 1 is 1.29 bits per heavy atom. The van der Waals surface area contributed by atoms with Crippen LogP contribution >= 0.6 is 31.9 Å². The fourth-order valence-corrected chi connectivity index (χ4v) is 1.71. The van der Waals surface area contributed by atoms with Crippen molar-refractivity contribution in [3.8, 4) is 5.75 Å². The monoisotopic (exact) mass is 324 g/mol. The van der Waals surface area contributed by atoms with E-state index in [4.69, 9.17) is 4.74 Å². The summed E-state index contributed by atoms with van der Waals surface area (Å²) in [4.78, 5) is 0. The molecule has 0 heterocycles. The zero-order valence-electron chi connectivity index (χ0n) is 7.93. The van der Waals surface area contributed by atoms with E-state index in [1.54, 1.807) is 18.2 Å². The van der Waals surface area contributed by atoms with E-state index in [0.29, 0.717) is 11.3 Å². The van der Waals surface area contributed by atoms with Crippen LogP contribution in [0.2, 0.25) is 0 Å². The van der Waals surface area contributed by atoms with Gasteiger partial charge in [0.05, 0.1) is 11.7 Å². The second kappa shape index (κ2) is 4.62. The topological polar surface area (TPSA) is 9.23 Å². The highest BCUT2D eigenvalue weighted by Gasteiger charge is 2.27. The summed E-state index contributed by atoms with van der Waals surface area (Å²) in [7, 11) is 0. The van der Waals surface area contributed by atoms with Gasteiger partial charge in [-0.1, -0.05) is 18.2 Å². The summed E-state index contributed by atoms with van der Waals surface area (Å²) < 4.78 is 17.3. The highest BCUT2D eigenvalue weighted by atomic mass is 79.9. The van der Waals surface area contributed by atoms with E-state index in [1.807, 2.05) is 19.9 Å². The van der Waals surface area contributed by atoms with Crippen LogP contribution in [0.15, 0.2) is 24.3 Å². The first-order valence-corrected chi connectivity index (χ1v) is 5.82. The predicted molar refractivity (Wildman–Crippen MR) is 62.8 cm³/mol. The van der Waals surface area contributed by atoms with Crippen molar-refractivity contribution in [2.75, 3.05) is 0 Å². The molecule has 0 aliphatic rings. The molecule has 0 bridgehead atoms. The van der Waals surface area contributed by atoms with Crippen molar-refractivity contribution in [3.63, 3.8) is 0 Å². The Labute approximate surface area is 99.9 Å². The summed E-state index contributed by atoms with van der Waals surface area (Å²) in [5.74, 6) is 0.541. The molecule has 1 rings (SSSR count). The van der Waals surface area contributed by atoms with Crippen molar-refractivity contribution in [1.29, 1.82) is 0 Å². The summed E-state index contributed by atoms with van der Waals surface area (Å²) in [6.07, 6.45) is 0.0264. The van der Waals surface area contributed by atoms with Gasteiger partial charge in [-0.15, -0.1) is 0 Å². The van der Waals surface area contributed by atoms with Crippen molar-refractivity contribution in [2.24, 2.45) is 0 Å². The second-order valence-electron chi connectivity index (χ2n) is 3.16. The van der Waals surface area contributed by atoms with Crippen molar-refractivity contribution in [2.45, 2.75) is 23.4 Å². The van der Waals surface area contributed by atoms with Gasteiger partial charge in [0.2, 0.25) is 3.49 Å². The zero-order chi connectivity index (χ0) is 10.8. The number of para-hydroxylation sites is 1. The average molecular weight is 326 g/mol. The molecule has 0 unspecified atom stereocenters. The molecule has 0 radical (unpaired) electrons. The van der Waals surface area contributed by atoms with Gasteiger partial charge >= 0.3 is 0 Å². The molecule has 0 atom stereocenters. The van der Waals surface area contributed by atoms with Gasteiger partial charge in [-0.3, -0.25) is 0 Å². The SMILES string of the molecule is CC(C)Oc1ccccc1C(F)(Br)Br. The van der Waals surface area contributed by atoms with Crippen LogP contribution in [0.1, 0.15) is 19.4 Å². The summed E-state index contributed by atoms with van der Waals surface area (Å²) in [5.41, 5.74) is 0.439. The first kappa shape index (κ1) is 12.0. The highest BCUT2D eigenvalue weighted by Crippen LogP contribution is 2.44. The Balaban J connectivity index is 3.04. The van der Waals surface area contributed by atoms with Gasteiger partial charge in [-0.05, 0) is 51.8 Å². The number of alkyl halides is 3. The summed E-state index contributed by atoms with van der Waals surface area (Å²) >= 11 is 5.79. The van der Waals surface area contributed by atoms with Crippen LogP contribution < -0.4 is 4.74 Å². The first-order chi connectivity index (χ1) is 6.41. The number of halogens is 3. The molecule has 1 aromatic carbocycles. The minimum absolute atomic E-state index is 0.0264. The normalized spacial score (nSPS) is 11.9. The van der Waals surface area contributed by atoms with Gasteiger partial charge in [0.15, 0.2) is 0 Å². The van der Waals surface area contributed by atoms with Gasteiger partial charge in [-0.25, -0.2) is 4.39 Å². The molecule has 0 fully saturated rings. The molecule has 1 aromatic rings. The molecule has 14 heavy (non-hydrogen) atoms. The summed E-state index contributed by atoms with van der Waals surface area (Å²) in [5, 5.41) is 0. The quantitative estimate of drug-likeness (QED) is 0.751. The van der Waals surface area contributed by atoms with E-state index in [9.17, 15) is 4.39 Å². The first-order valence-electron chi connectivity index (χ1n) is 4.24. The lowest BCUT2D eigenvalue weighted by molar-refractivity contribution is 0.236. The molecule has 0 amide bonds. The molecule has 0 N–H and O–H groups in total. The van der Waals surface area contributed by atoms with Gasteiger partial charge < -0.3 is 4.74 Å². The molecule has 4 heteroatoms.